The minimum Gasteiger partial charge on any atom is -0.335 e. The topological polar surface area (TPSA) is 44.1 Å². The minimum atomic E-state index is 0.103. The summed E-state index contributed by atoms with van der Waals surface area (Å²) in [6.45, 7) is 0.880. The zero-order valence-corrected chi connectivity index (χ0v) is 11.0. The van der Waals surface area contributed by atoms with Crippen molar-refractivity contribution in [1.82, 2.24) is 4.90 Å². The summed E-state index contributed by atoms with van der Waals surface area (Å²) in [4.78, 5) is 14.6. The van der Waals surface area contributed by atoms with Crippen molar-refractivity contribution in [3.63, 3.8) is 0 Å². The van der Waals surface area contributed by atoms with E-state index in [9.17, 15) is 4.79 Å². The van der Waals surface area contributed by atoms with Gasteiger partial charge in [-0.1, -0.05) is 18.9 Å². The SMILES string of the molecule is N#Cc1cccc(C(=O)N2CCC3CCCCC32)c1. The van der Waals surface area contributed by atoms with Gasteiger partial charge in [0.15, 0.2) is 0 Å². The van der Waals surface area contributed by atoms with Gasteiger partial charge in [-0.05, 0) is 43.4 Å². The van der Waals surface area contributed by atoms with E-state index in [1.807, 2.05) is 11.0 Å². The Morgan fingerprint density at radius 3 is 2.95 bits per heavy atom. The predicted molar refractivity (Wildman–Crippen MR) is 72.6 cm³/mol. The van der Waals surface area contributed by atoms with Crippen molar-refractivity contribution in [2.24, 2.45) is 5.92 Å². The molecular weight excluding hydrogens is 236 g/mol. The van der Waals surface area contributed by atoms with Crippen LogP contribution in [0.2, 0.25) is 0 Å². The second kappa shape index (κ2) is 5.05. The molecule has 3 nitrogen and oxygen atoms in total. The van der Waals surface area contributed by atoms with Crippen LogP contribution in [0.15, 0.2) is 24.3 Å². The van der Waals surface area contributed by atoms with Crippen LogP contribution < -0.4 is 0 Å². The molecule has 3 rings (SSSR count). The molecule has 1 heterocycles. The van der Waals surface area contributed by atoms with E-state index in [0.29, 0.717) is 23.1 Å². The number of benzene rings is 1. The fraction of sp³-hybridized carbons (Fsp3) is 0.500. The molecule has 0 radical (unpaired) electrons. The van der Waals surface area contributed by atoms with E-state index < -0.39 is 0 Å². The minimum absolute atomic E-state index is 0.103. The van der Waals surface area contributed by atoms with Gasteiger partial charge in [0.25, 0.3) is 5.91 Å². The highest BCUT2D eigenvalue weighted by Gasteiger charge is 2.38. The first-order chi connectivity index (χ1) is 9.29. The van der Waals surface area contributed by atoms with Gasteiger partial charge in [0, 0.05) is 18.2 Å². The van der Waals surface area contributed by atoms with Gasteiger partial charge < -0.3 is 4.90 Å². The quantitative estimate of drug-likeness (QED) is 0.773. The van der Waals surface area contributed by atoms with Gasteiger partial charge in [0.05, 0.1) is 11.6 Å². The number of amides is 1. The first kappa shape index (κ1) is 12.2. The van der Waals surface area contributed by atoms with E-state index >= 15 is 0 Å². The highest BCUT2D eigenvalue weighted by atomic mass is 16.2. The van der Waals surface area contributed by atoms with Crippen LogP contribution in [0.25, 0.3) is 0 Å². The number of carbonyl (C=O) groups is 1. The summed E-state index contributed by atoms with van der Waals surface area (Å²) >= 11 is 0. The Hall–Kier alpha value is -1.82. The van der Waals surface area contributed by atoms with Gasteiger partial charge in [-0.15, -0.1) is 0 Å². The lowest BCUT2D eigenvalue weighted by Crippen LogP contribution is -2.39. The number of fused-ring (bicyclic) bond motifs is 1. The number of rotatable bonds is 1. The zero-order chi connectivity index (χ0) is 13.2. The molecule has 0 spiro atoms. The molecule has 0 N–H and O–H groups in total. The summed E-state index contributed by atoms with van der Waals surface area (Å²) < 4.78 is 0. The maximum atomic E-state index is 12.6. The fourth-order valence-electron chi connectivity index (χ4n) is 3.55. The van der Waals surface area contributed by atoms with Crippen molar-refractivity contribution in [3.05, 3.63) is 35.4 Å². The molecule has 2 fully saturated rings. The number of hydrogen-bond donors (Lipinski definition) is 0. The monoisotopic (exact) mass is 254 g/mol. The van der Waals surface area contributed by atoms with Gasteiger partial charge >= 0.3 is 0 Å². The lowest BCUT2D eigenvalue weighted by atomic mass is 9.85. The van der Waals surface area contributed by atoms with E-state index in [1.54, 1.807) is 18.2 Å². The lowest BCUT2D eigenvalue weighted by Gasteiger charge is -2.31. The second-order valence-electron chi connectivity index (χ2n) is 5.59. The van der Waals surface area contributed by atoms with E-state index in [1.165, 1.54) is 19.3 Å². The Balaban J connectivity index is 1.82. The number of nitrogens with zero attached hydrogens (tertiary/aromatic N) is 2. The highest BCUT2D eigenvalue weighted by Crippen LogP contribution is 2.36. The van der Waals surface area contributed by atoms with Gasteiger partial charge in [-0.3, -0.25) is 4.79 Å². The third-order valence-electron chi connectivity index (χ3n) is 4.51. The van der Waals surface area contributed by atoms with Crippen LogP contribution in [-0.2, 0) is 0 Å². The molecule has 2 atom stereocenters. The highest BCUT2D eigenvalue weighted by molar-refractivity contribution is 5.95. The molecule has 1 aromatic carbocycles. The molecule has 1 aliphatic carbocycles. The first-order valence-corrected chi connectivity index (χ1v) is 7.11. The van der Waals surface area contributed by atoms with Crippen LogP contribution in [0.1, 0.15) is 48.0 Å². The third kappa shape index (κ3) is 2.23. The molecule has 3 heteroatoms. The van der Waals surface area contributed by atoms with Crippen LogP contribution >= 0.6 is 0 Å². The zero-order valence-electron chi connectivity index (χ0n) is 11.0. The molecule has 1 saturated carbocycles. The molecule has 19 heavy (non-hydrogen) atoms. The molecule has 1 saturated heterocycles. The molecule has 98 valence electrons. The van der Waals surface area contributed by atoms with Crippen molar-refractivity contribution in [1.29, 1.82) is 5.26 Å². The molecule has 0 aromatic heterocycles. The fourth-order valence-corrected chi connectivity index (χ4v) is 3.55. The standard InChI is InChI=1S/C16H18N2O/c17-11-12-4-3-6-14(10-12)16(19)18-9-8-13-5-1-2-7-15(13)18/h3-4,6,10,13,15H,1-2,5,7-9H2. The Kier molecular flexibility index (Phi) is 3.25. The van der Waals surface area contributed by atoms with Crippen molar-refractivity contribution in [3.8, 4) is 6.07 Å². The molecule has 0 bridgehead atoms. The van der Waals surface area contributed by atoms with Crippen molar-refractivity contribution >= 4 is 5.91 Å². The van der Waals surface area contributed by atoms with Gasteiger partial charge in [0.1, 0.15) is 0 Å². The molecular formula is C16H18N2O. The van der Waals surface area contributed by atoms with Gasteiger partial charge in [0.2, 0.25) is 0 Å². The van der Waals surface area contributed by atoms with Crippen LogP contribution in [0.4, 0.5) is 0 Å². The summed E-state index contributed by atoms with van der Waals surface area (Å²) in [6.07, 6.45) is 6.12. The normalized spacial score (nSPS) is 25.7. The average Bonchev–Trinajstić information content (AvgIpc) is 2.90. The van der Waals surface area contributed by atoms with Crippen molar-refractivity contribution in [2.75, 3.05) is 6.54 Å². The van der Waals surface area contributed by atoms with Gasteiger partial charge in [-0.25, -0.2) is 0 Å². The third-order valence-corrected chi connectivity index (χ3v) is 4.51. The van der Waals surface area contributed by atoms with E-state index in [2.05, 4.69) is 6.07 Å². The summed E-state index contributed by atoms with van der Waals surface area (Å²) in [7, 11) is 0. The molecule has 1 aliphatic heterocycles. The average molecular weight is 254 g/mol. The van der Waals surface area contributed by atoms with Crippen molar-refractivity contribution in [2.45, 2.75) is 38.1 Å². The number of carbonyl (C=O) groups excluding carboxylic acids is 1. The van der Waals surface area contributed by atoms with Crippen LogP contribution in [0, 0.1) is 17.2 Å². The maximum Gasteiger partial charge on any atom is 0.254 e. The summed E-state index contributed by atoms with van der Waals surface area (Å²) in [6, 6.07) is 9.59. The smallest absolute Gasteiger partial charge is 0.254 e. The van der Waals surface area contributed by atoms with E-state index in [0.717, 1.165) is 19.4 Å². The van der Waals surface area contributed by atoms with Gasteiger partial charge in [-0.2, -0.15) is 5.26 Å². The number of nitriles is 1. The maximum absolute atomic E-state index is 12.6. The summed E-state index contributed by atoms with van der Waals surface area (Å²) in [5.41, 5.74) is 1.22. The van der Waals surface area contributed by atoms with E-state index in [4.69, 9.17) is 5.26 Å². The van der Waals surface area contributed by atoms with E-state index in [-0.39, 0.29) is 5.91 Å². The van der Waals surface area contributed by atoms with Crippen LogP contribution in [0.3, 0.4) is 0 Å². The summed E-state index contributed by atoms with van der Waals surface area (Å²) in [5, 5.41) is 8.92. The predicted octanol–water partition coefficient (Wildman–Crippen LogP) is 2.96. The number of hydrogen-bond acceptors (Lipinski definition) is 2. The Morgan fingerprint density at radius 2 is 2.11 bits per heavy atom. The Morgan fingerprint density at radius 1 is 1.26 bits per heavy atom. The Labute approximate surface area is 113 Å². The molecule has 2 unspecified atom stereocenters. The summed E-state index contributed by atoms with van der Waals surface area (Å²) in [5.74, 6) is 0.809. The Bertz CT molecular complexity index is 532. The van der Waals surface area contributed by atoms with Crippen LogP contribution in [0.5, 0.6) is 0 Å². The number of likely N-dealkylation sites (tertiary alicyclic amines) is 1. The molecule has 1 amide bonds. The lowest BCUT2D eigenvalue weighted by molar-refractivity contribution is 0.0690. The largest absolute Gasteiger partial charge is 0.335 e. The first-order valence-electron chi connectivity index (χ1n) is 7.11. The molecule has 2 aliphatic rings. The van der Waals surface area contributed by atoms with Crippen molar-refractivity contribution < 1.29 is 4.79 Å². The second-order valence-corrected chi connectivity index (χ2v) is 5.59. The molecule has 1 aromatic rings. The van der Waals surface area contributed by atoms with Crippen LogP contribution in [-0.4, -0.2) is 23.4 Å².